The summed E-state index contributed by atoms with van der Waals surface area (Å²) in [6.07, 6.45) is 0. The molecule has 0 amide bonds. The third-order valence-electron chi connectivity index (χ3n) is 2.79. The highest BCUT2D eigenvalue weighted by Crippen LogP contribution is 2.19. The van der Waals surface area contributed by atoms with Gasteiger partial charge in [0.2, 0.25) is 0 Å². The summed E-state index contributed by atoms with van der Waals surface area (Å²) in [5, 5.41) is 3.01. The summed E-state index contributed by atoms with van der Waals surface area (Å²) in [6.45, 7) is 1.93. The fourth-order valence-electron chi connectivity index (χ4n) is 1.88. The molecule has 0 aliphatic heterocycles. The molecule has 1 N–H and O–H groups in total. The van der Waals surface area contributed by atoms with E-state index in [4.69, 9.17) is 0 Å². The smallest absolute Gasteiger partial charge is 0.273 e. The van der Waals surface area contributed by atoms with Crippen LogP contribution in [-0.4, -0.2) is 14.6 Å². The molecule has 0 spiro atoms. The van der Waals surface area contributed by atoms with Crippen molar-refractivity contribution in [1.82, 2.24) is 14.6 Å². The molecule has 0 atom stereocenters. The Balaban J connectivity index is 2.34. The first-order valence-electron chi connectivity index (χ1n) is 5.50. The van der Waals surface area contributed by atoms with Crippen LogP contribution in [0.2, 0.25) is 0 Å². The van der Waals surface area contributed by atoms with Crippen LogP contribution in [0.4, 0.5) is 0 Å². The Hall–Kier alpha value is -1.63. The fraction of sp³-hybridized carbons (Fsp3) is 0.0769. The second-order valence-electron chi connectivity index (χ2n) is 4.06. The Labute approximate surface area is 117 Å². The summed E-state index contributed by atoms with van der Waals surface area (Å²) in [5.74, 6) is 0. The van der Waals surface area contributed by atoms with E-state index in [1.807, 2.05) is 37.3 Å². The van der Waals surface area contributed by atoms with Gasteiger partial charge in [0.05, 0.1) is 9.26 Å². The van der Waals surface area contributed by atoms with Crippen LogP contribution in [0.5, 0.6) is 0 Å². The lowest BCUT2D eigenvalue weighted by atomic mass is 10.1. The molecular weight excluding hydrogens is 341 g/mol. The lowest BCUT2D eigenvalue weighted by molar-refractivity contribution is 0.882. The van der Waals surface area contributed by atoms with Crippen molar-refractivity contribution in [2.75, 3.05) is 0 Å². The number of aryl methyl sites for hydroxylation is 1. The van der Waals surface area contributed by atoms with Gasteiger partial charge in [0.25, 0.3) is 5.56 Å². The molecular formula is C13H10IN3O. The molecule has 0 aliphatic rings. The van der Waals surface area contributed by atoms with Crippen LogP contribution in [0.1, 0.15) is 5.69 Å². The lowest BCUT2D eigenvalue weighted by Gasteiger charge is -2.00. The number of nitrogens with one attached hydrogen (secondary N) is 1. The van der Waals surface area contributed by atoms with Crippen molar-refractivity contribution in [3.63, 3.8) is 0 Å². The number of aromatic nitrogens is 3. The SMILES string of the molecule is Cc1[nH]n2c(=O)cc(-c3ccccc3)nc2c1I. The number of benzene rings is 1. The molecule has 5 heteroatoms. The van der Waals surface area contributed by atoms with E-state index in [1.54, 1.807) is 6.07 Å². The minimum atomic E-state index is -0.0927. The molecule has 2 aromatic heterocycles. The minimum absolute atomic E-state index is 0.0927. The van der Waals surface area contributed by atoms with E-state index in [1.165, 1.54) is 4.52 Å². The van der Waals surface area contributed by atoms with Gasteiger partial charge in [0.15, 0.2) is 5.65 Å². The summed E-state index contributed by atoms with van der Waals surface area (Å²) in [7, 11) is 0. The Kier molecular flexibility index (Phi) is 2.70. The highest BCUT2D eigenvalue weighted by Gasteiger charge is 2.10. The molecule has 90 valence electrons. The van der Waals surface area contributed by atoms with Gasteiger partial charge < -0.3 is 0 Å². The Bertz CT molecular complexity index is 774. The van der Waals surface area contributed by atoms with Gasteiger partial charge in [-0.2, -0.15) is 0 Å². The van der Waals surface area contributed by atoms with E-state index in [0.717, 1.165) is 14.8 Å². The quantitative estimate of drug-likeness (QED) is 0.686. The number of hydrogen-bond acceptors (Lipinski definition) is 2. The molecule has 1 aromatic carbocycles. The molecule has 0 aliphatic carbocycles. The van der Waals surface area contributed by atoms with Gasteiger partial charge in [0, 0.05) is 17.3 Å². The maximum Gasteiger partial charge on any atom is 0.273 e. The fourth-order valence-corrected chi connectivity index (χ4v) is 2.36. The van der Waals surface area contributed by atoms with E-state index < -0.39 is 0 Å². The van der Waals surface area contributed by atoms with Gasteiger partial charge in [-0.05, 0) is 29.5 Å². The molecule has 0 fully saturated rings. The number of fused-ring (bicyclic) bond motifs is 1. The zero-order valence-corrected chi connectivity index (χ0v) is 11.8. The molecule has 0 saturated carbocycles. The minimum Gasteiger partial charge on any atom is -0.293 e. The van der Waals surface area contributed by atoms with E-state index >= 15 is 0 Å². The first-order valence-corrected chi connectivity index (χ1v) is 6.58. The predicted octanol–water partition coefficient (Wildman–Crippen LogP) is 2.60. The average molecular weight is 351 g/mol. The normalized spacial score (nSPS) is 11.0. The monoisotopic (exact) mass is 351 g/mol. The number of rotatable bonds is 1. The molecule has 0 saturated heterocycles. The van der Waals surface area contributed by atoms with Crippen LogP contribution in [0.15, 0.2) is 41.2 Å². The van der Waals surface area contributed by atoms with Gasteiger partial charge in [-0.3, -0.25) is 9.89 Å². The summed E-state index contributed by atoms with van der Waals surface area (Å²) >= 11 is 2.20. The highest BCUT2D eigenvalue weighted by atomic mass is 127. The van der Waals surface area contributed by atoms with Gasteiger partial charge >= 0.3 is 0 Å². The average Bonchev–Trinajstić information content (AvgIpc) is 2.68. The standard InChI is InChI=1S/C13H10IN3O/c1-8-12(14)13-15-10(7-11(18)17(13)16-8)9-5-3-2-4-6-9/h2-7,16H,1H3. The second kappa shape index (κ2) is 4.24. The van der Waals surface area contributed by atoms with Crippen molar-refractivity contribution in [3.8, 4) is 11.3 Å². The van der Waals surface area contributed by atoms with Gasteiger partial charge in [-0.1, -0.05) is 30.3 Å². The van der Waals surface area contributed by atoms with Crippen molar-refractivity contribution < 1.29 is 0 Å². The van der Waals surface area contributed by atoms with Gasteiger partial charge in [-0.25, -0.2) is 9.50 Å². The topological polar surface area (TPSA) is 50.2 Å². The van der Waals surface area contributed by atoms with E-state index in [0.29, 0.717) is 11.3 Å². The first-order chi connectivity index (χ1) is 8.66. The first kappa shape index (κ1) is 11.5. The third-order valence-corrected chi connectivity index (χ3v) is 4.08. The lowest BCUT2D eigenvalue weighted by Crippen LogP contribution is -2.14. The predicted molar refractivity (Wildman–Crippen MR) is 78.7 cm³/mol. The zero-order chi connectivity index (χ0) is 12.7. The molecule has 4 nitrogen and oxygen atoms in total. The molecule has 3 aromatic rings. The van der Waals surface area contributed by atoms with Gasteiger partial charge in [0.1, 0.15) is 0 Å². The highest BCUT2D eigenvalue weighted by molar-refractivity contribution is 14.1. The van der Waals surface area contributed by atoms with Crippen molar-refractivity contribution in [2.45, 2.75) is 6.92 Å². The second-order valence-corrected chi connectivity index (χ2v) is 5.13. The molecule has 18 heavy (non-hydrogen) atoms. The van der Waals surface area contributed by atoms with Crippen molar-refractivity contribution in [3.05, 3.63) is 56.0 Å². The zero-order valence-electron chi connectivity index (χ0n) is 9.64. The summed E-state index contributed by atoms with van der Waals surface area (Å²) in [6, 6.07) is 11.3. The number of hydrogen-bond donors (Lipinski definition) is 1. The Morgan fingerprint density at radius 2 is 2.00 bits per heavy atom. The van der Waals surface area contributed by atoms with Crippen LogP contribution in [0, 0.1) is 10.5 Å². The van der Waals surface area contributed by atoms with Crippen LogP contribution < -0.4 is 5.56 Å². The van der Waals surface area contributed by atoms with Crippen LogP contribution in [0.3, 0.4) is 0 Å². The van der Waals surface area contributed by atoms with Crippen molar-refractivity contribution >= 4 is 28.2 Å². The van der Waals surface area contributed by atoms with Crippen LogP contribution >= 0.6 is 22.6 Å². The molecule has 2 heterocycles. The molecule has 0 radical (unpaired) electrons. The molecule has 0 bridgehead atoms. The maximum absolute atomic E-state index is 12.0. The summed E-state index contributed by atoms with van der Waals surface area (Å²) in [5.41, 5.74) is 3.19. The van der Waals surface area contributed by atoms with E-state index in [9.17, 15) is 4.79 Å². The maximum atomic E-state index is 12.0. The van der Waals surface area contributed by atoms with E-state index in [2.05, 4.69) is 32.7 Å². The number of nitrogens with zero attached hydrogens (tertiary/aromatic N) is 2. The summed E-state index contributed by atoms with van der Waals surface area (Å²) in [4.78, 5) is 16.6. The Morgan fingerprint density at radius 3 is 2.72 bits per heavy atom. The largest absolute Gasteiger partial charge is 0.293 e. The van der Waals surface area contributed by atoms with E-state index in [-0.39, 0.29) is 5.56 Å². The molecule has 3 rings (SSSR count). The number of H-pyrrole nitrogens is 1. The summed E-state index contributed by atoms with van der Waals surface area (Å²) < 4.78 is 2.45. The van der Waals surface area contributed by atoms with Crippen LogP contribution in [-0.2, 0) is 0 Å². The van der Waals surface area contributed by atoms with Crippen molar-refractivity contribution in [2.24, 2.45) is 0 Å². The molecule has 0 unspecified atom stereocenters. The third kappa shape index (κ3) is 1.74. The van der Waals surface area contributed by atoms with Crippen LogP contribution in [0.25, 0.3) is 16.9 Å². The number of halogens is 1. The van der Waals surface area contributed by atoms with Crippen molar-refractivity contribution in [1.29, 1.82) is 0 Å². The van der Waals surface area contributed by atoms with Gasteiger partial charge in [-0.15, -0.1) is 0 Å². The number of aromatic amines is 1. The Morgan fingerprint density at radius 1 is 1.28 bits per heavy atom.